The molecular formula is C16H14Cl2N2O2S. The third-order valence-electron chi connectivity index (χ3n) is 2.96. The Morgan fingerprint density at radius 1 is 1.09 bits per heavy atom. The van der Waals surface area contributed by atoms with Gasteiger partial charge in [-0.05, 0) is 48.7 Å². The molecule has 0 fully saturated rings. The van der Waals surface area contributed by atoms with Gasteiger partial charge in [-0.1, -0.05) is 23.2 Å². The predicted octanol–water partition coefficient (Wildman–Crippen LogP) is 4.08. The number of hydrogen-bond acceptors (Lipinski definition) is 3. The van der Waals surface area contributed by atoms with Crippen LogP contribution in [0.15, 0.2) is 47.4 Å². The number of carbonyl (C=O) groups excluding carboxylic acids is 2. The Labute approximate surface area is 148 Å². The Morgan fingerprint density at radius 3 is 2.39 bits per heavy atom. The topological polar surface area (TPSA) is 58.2 Å². The van der Waals surface area contributed by atoms with E-state index in [2.05, 4.69) is 10.6 Å². The van der Waals surface area contributed by atoms with Gasteiger partial charge in [-0.15, -0.1) is 11.8 Å². The van der Waals surface area contributed by atoms with Crippen LogP contribution in [0.25, 0.3) is 0 Å². The van der Waals surface area contributed by atoms with E-state index in [1.807, 2.05) is 30.5 Å². The van der Waals surface area contributed by atoms with Gasteiger partial charge in [0.05, 0.1) is 17.1 Å². The van der Waals surface area contributed by atoms with Crippen molar-refractivity contribution in [2.75, 3.05) is 18.1 Å². The van der Waals surface area contributed by atoms with Crippen LogP contribution >= 0.6 is 35.0 Å². The number of anilines is 1. The molecule has 0 unspecified atom stereocenters. The quantitative estimate of drug-likeness (QED) is 0.781. The molecule has 0 atom stereocenters. The molecule has 0 aromatic heterocycles. The standard InChI is InChI=1S/C16H14Cl2N2O2S/c1-23-12-5-3-11(4-6-12)20-15(21)9-19-16(22)13-7-2-10(17)8-14(13)18/h2-8H,9H2,1H3,(H,19,22)(H,20,21). The molecule has 0 saturated heterocycles. The molecule has 0 saturated carbocycles. The van der Waals surface area contributed by atoms with E-state index in [0.29, 0.717) is 10.7 Å². The van der Waals surface area contributed by atoms with E-state index in [1.54, 1.807) is 17.8 Å². The first kappa shape index (κ1) is 17.7. The summed E-state index contributed by atoms with van der Waals surface area (Å²) >= 11 is 13.3. The van der Waals surface area contributed by atoms with Crippen LogP contribution in [-0.4, -0.2) is 24.6 Å². The zero-order valence-corrected chi connectivity index (χ0v) is 14.6. The second-order valence-corrected chi connectivity index (χ2v) is 6.31. The molecule has 0 spiro atoms. The van der Waals surface area contributed by atoms with Crippen LogP contribution in [0, 0.1) is 0 Å². The molecule has 2 amide bonds. The molecule has 0 aliphatic carbocycles. The second-order valence-electron chi connectivity index (χ2n) is 4.58. The second kappa shape index (κ2) is 8.24. The van der Waals surface area contributed by atoms with Gasteiger partial charge in [-0.3, -0.25) is 9.59 Å². The van der Waals surface area contributed by atoms with Crippen molar-refractivity contribution >= 4 is 52.5 Å². The van der Waals surface area contributed by atoms with Crippen molar-refractivity contribution in [2.24, 2.45) is 0 Å². The summed E-state index contributed by atoms with van der Waals surface area (Å²) in [4.78, 5) is 25.0. The van der Waals surface area contributed by atoms with Crippen molar-refractivity contribution < 1.29 is 9.59 Å². The van der Waals surface area contributed by atoms with Gasteiger partial charge in [-0.25, -0.2) is 0 Å². The van der Waals surface area contributed by atoms with Crippen LogP contribution in [-0.2, 0) is 4.79 Å². The minimum Gasteiger partial charge on any atom is -0.343 e. The van der Waals surface area contributed by atoms with Crippen LogP contribution in [0.1, 0.15) is 10.4 Å². The first-order valence-corrected chi connectivity index (χ1v) is 8.65. The normalized spacial score (nSPS) is 10.2. The van der Waals surface area contributed by atoms with Crippen LogP contribution in [0.4, 0.5) is 5.69 Å². The van der Waals surface area contributed by atoms with Crippen LogP contribution in [0.5, 0.6) is 0 Å². The molecule has 0 aliphatic heterocycles. The molecule has 2 aromatic carbocycles. The maximum Gasteiger partial charge on any atom is 0.253 e. The summed E-state index contributed by atoms with van der Waals surface area (Å²) in [5, 5.41) is 5.91. The Balaban J connectivity index is 1.89. The highest BCUT2D eigenvalue weighted by atomic mass is 35.5. The number of thioether (sulfide) groups is 1. The van der Waals surface area contributed by atoms with E-state index in [4.69, 9.17) is 23.2 Å². The maximum absolute atomic E-state index is 12.0. The fraction of sp³-hybridized carbons (Fsp3) is 0.125. The molecule has 0 heterocycles. The Hall–Kier alpha value is -1.69. The summed E-state index contributed by atoms with van der Waals surface area (Å²) in [6, 6.07) is 12.0. The summed E-state index contributed by atoms with van der Waals surface area (Å²) in [7, 11) is 0. The lowest BCUT2D eigenvalue weighted by Gasteiger charge is -2.08. The number of benzene rings is 2. The van der Waals surface area contributed by atoms with Gasteiger partial charge < -0.3 is 10.6 Å². The van der Waals surface area contributed by atoms with E-state index in [0.717, 1.165) is 4.90 Å². The van der Waals surface area contributed by atoms with Gasteiger partial charge in [0.15, 0.2) is 0 Å². The van der Waals surface area contributed by atoms with E-state index in [1.165, 1.54) is 12.1 Å². The number of rotatable bonds is 5. The summed E-state index contributed by atoms with van der Waals surface area (Å²) in [5.41, 5.74) is 0.944. The molecule has 7 heteroatoms. The molecule has 0 aliphatic rings. The first-order valence-electron chi connectivity index (χ1n) is 6.67. The molecule has 4 nitrogen and oxygen atoms in total. The lowest BCUT2D eigenvalue weighted by atomic mass is 10.2. The van der Waals surface area contributed by atoms with E-state index in [9.17, 15) is 9.59 Å². The summed E-state index contributed by atoms with van der Waals surface area (Å²) < 4.78 is 0. The fourth-order valence-electron chi connectivity index (χ4n) is 1.81. The largest absolute Gasteiger partial charge is 0.343 e. The van der Waals surface area contributed by atoms with E-state index < -0.39 is 5.91 Å². The van der Waals surface area contributed by atoms with Crippen LogP contribution in [0.3, 0.4) is 0 Å². The average Bonchev–Trinajstić information content (AvgIpc) is 2.53. The van der Waals surface area contributed by atoms with Gasteiger partial charge in [0, 0.05) is 15.6 Å². The van der Waals surface area contributed by atoms with E-state index >= 15 is 0 Å². The maximum atomic E-state index is 12.0. The Kier molecular flexibility index (Phi) is 6.33. The highest BCUT2D eigenvalue weighted by Crippen LogP contribution is 2.21. The highest BCUT2D eigenvalue weighted by Gasteiger charge is 2.12. The van der Waals surface area contributed by atoms with Crippen LogP contribution in [0.2, 0.25) is 10.0 Å². The average molecular weight is 369 g/mol. The molecular weight excluding hydrogens is 355 g/mol. The number of amides is 2. The highest BCUT2D eigenvalue weighted by molar-refractivity contribution is 7.98. The van der Waals surface area contributed by atoms with Gasteiger partial charge in [-0.2, -0.15) is 0 Å². The lowest BCUT2D eigenvalue weighted by molar-refractivity contribution is -0.115. The predicted molar refractivity (Wildman–Crippen MR) is 95.6 cm³/mol. The van der Waals surface area contributed by atoms with E-state index in [-0.39, 0.29) is 23.0 Å². The summed E-state index contributed by atoms with van der Waals surface area (Å²) in [6.45, 7) is -0.151. The van der Waals surface area contributed by atoms with Crippen molar-refractivity contribution in [3.8, 4) is 0 Å². The monoisotopic (exact) mass is 368 g/mol. The Morgan fingerprint density at radius 2 is 1.78 bits per heavy atom. The Bertz CT molecular complexity index is 721. The minimum atomic E-state index is -0.431. The lowest BCUT2D eigenvalue weighted by Crippen LogP contribution is -2.33. The molecule has 0 radical (unpaired) electrons. The zero-order valence-electron chi connectivity index (χ0n) is 12.2. The summed E-state index contributed by atoms with van der Waals surface area (Å²) in [6.07, 6.45) is 1.98. The third kappa shape index (κ3) is 5.16. The van der Waals surface area contributed by atoms with Crippen molar-refractivity contribution in [3.63, 3.8) is 0 Å². The smallest absolute Gasteiger partial charge is 0.253 e. The van der Waals surface area contributed by atoms with Crippen molar-refractivity contribution in [3.05, 3.63) is 58.1 Å². The minimum absolute atomic E-state index is 0.151. The third-order valence-corrected chi connectivity index (χ3v) is 4.25. The molecule has 2 aromatic rings. The molecule has 23 heavy (non-hydrogen) atoms. The number of nitrogens with one attached hydrogen (secondary N) is 2. The van der Waals surface area contributed by atoms with Crippen molar-refractivity contribution in [2.45, 2.75) is 4.90 Å². The van der Waals surface area contributed by atoms with Crippen LogP contribution < -0.4 is 10.6 Å². The van der Waals surface area contributed by atoms with Gasteiger partial charge >= 0.3 is 0 Å². The van der Waals surface area contributed by atoms with Gasteiger partial charge in [0.2, 0.25) is 5.91 Å². The number of hydrogen-bond donors (Lipinski definition) is 2. The number of halogens is 2. The molecule has 0 bridgehead atoms. The molecule has 120 valence electrons. The van der Waals surface area contributed by atoms with Gasteiger partial charge in [0.25, 0.3) is 5.91 Å². The van der Waals surface area contributed by atoms with Crippen molar-refractivity contribution in [1.29, 1.82) is 0 Å². The molecule has 2 rings (SSSR count). The number of carbonyl (C=O) groups is 2. The SMILES string of the molecule is CSc1ccc(NC(=O)CNC(=O)c2ccc(Cl)cc2Cl)cc1. The fourth-order valence-corrected chi connectivity index (χ4v) is 2.71. The van der Waals surface area contributed by atoms with Crippen molar-refractivity contribution in [1.82, 2.24) is 5.32 Å². The summed E-state index contributed by atoms with van der Waals surface area (Å²) in [5.74, 6) is -0.750. The van der Waals surface area contributed by atoms with Gasteiger partial charge in [0.1, 0.15) is 0 Å². The molecule has 2 N–H and O–H groups in total. The first-order chi connectivity index (χ1) is 11.0. The zero-order chi connectivity index (χ0) is 16.8.